The van der Waals surface area contributed by atoms with Crippen LogP contribution in [-0.2, 0) is 9.53 Å². The van der Waals surface area contributed by atoms with Crippen LogP contribution in [0, 0.1) is 0 Å². The fraction of sp³-hybridized carbons (Fsp3) is 0.391. The van der Waals surface area contributed by atoms with Gasteiger partial charge in [0.1, 0.15) is 5.75 Å². The first-order valence-electron chi connectivity index (χ1n) is 9.79. The molecule has 1 aliphatic rings. The molecular formula is C23H27NO4. The second-order valence-corrected chi connectivity index (χ2v) is 7.55. The first-order chi connectivity index (χ1) is 13.4. The zero-order chi connectivity index (χ0) is 20.3. The monoisotopic (exact) mass is 381 g/mol. The number of nitrogens with zero attached hydrogens (tertiary/aromatic N) is 1. The lowest BCUT2D eigenvalue weighted by Gasteiger charge is -2.40. The Balaban J connectivity index is 1.65. The van der Waals surface area contributed by atoms with Crippen molar-refractivity contribution in [3.8, 4) is 16.9 Å². The van der Waals surface area contributed by atoms with Crippen LogP contribution in [0.5, 0.6) is 5.75 Å². The maximum absolute atomic E-state index is 12.8. The van der Waals surface area contributed by atoms with Crippen LogP contribution in [0.15, 0.2) is 48.5 Å². The molecule has 2 aromatic carbocycles. The zero-order valence-electron chi connectivity index (χ0n) is 16.6. The van der Waals surface area contributed by atoms with Crippen molar-refractivity contribution in [3.05, 3.63) is 54.1 Å². The number of phenols is 1. The number of aromatic hydroxyl groups is 1. The molecule has 1 aliphatic heterocycles. The number of ether oxygens (including phenoxy) is 1. The van der Waals surface area contributed by atoms with E-state index in [2.05, 4.69) is 0 Å². The largest absolute Gasteiger partial charge is 0.508 e. The fourth-order valence-corrected chi connectivity index (χ4v) is 3.80. The first-order valence-corrected chi connectivity index (χ1v) is 9.79. The quantitative estimate of drug-likeness (QED) is 0.798. The minimum absolute atomic E-state index is 0.131. The molecule has 1 N–H and O–H groups in total. The number of benzene rings is 2. The molecule has 0 spiro atoms. The smallest absolute Gasteiger partial charge is 0.338 e. The van der Waals surface area contributed by atoms with Crippen LogP contribution in [0.4, 0.5) is 0 Å². The van der Waals surface area contributed by atoms with Crippen LogP contribution in [-0.4, -0.2) is 40.1 Å². The summed E-state index contributed by atoms with van der Waals surface area (Å²) in [7, 11) is 0. The maximum Gasteiger partial charge on any atom is 0.338 e. The van der Waals surface area contributed by atoms with Gasteiger partial charge in [-0.2, -0.15) is 0 Å². The lowest BCUT2D eigenvalue weighted by molar-refractivity contribution is -0.146. The molecule has 3 rings (SSSR count). The third-order valence-corrected chi connectivity index (χ3v) is 5.40. The Morgan fingerprint density at radius 1 is 0.964 bits per heavy atom. The third kappa shape index (κ3) is 4.35. The van der Waals surface area contributed by atoms with Crippen molar-refractivity contribution >= 4 is 11.9 Å². The van der Waals surface area contributed by atoms with Gasteiger partial charge >= 0.3 is 5.97 Å². The number of carbonyl (C=O) groups excluding carboxylic acids is 2. The number of rotatable bonds is 4. The van der Waals surface area contributed by atoms with Crippen LogP contribution in [0.3, 0.4) is 0 Å². The van der Waals surface area contributed by atoms with Gasteiger partial charge in [-0.25, -0.2) is 4.79 Å². The molecule has 148 valence electrons. The van der Waals surface area contributed by atoms with E-state index in [1.807, 2.05) is 43.0 Å². The highest BCUT2D eigenvalue weighted by Gasteiger charge is 2.33. The van der Waals surface area contributed by atoms with E-state index in [9.17, 15) is 14.7 Å². The van der Waals surface area contributed by atoms with Crippen molar-refractivity contribution in [2.75, 3.05) is 0 Å². The molecule has 28 heavy (non-hydrogen) atoms. The number of hydrogen-bond acceptors (Lipinski definition) is 4. The molecule has 0 aromatic heterocycles. The van der Waals surface area contributed by atoms with E-state index in [0.717, 1.165) is 30.4 Å². The van der Waals surface area contributed by atoms with Gasteiger partial charge < -0.3 is 14.7 Å². The van der Waals surface area contributed by atoms with Crippen molar-refractivity contribution in [2.45, 2.75) is 58.2 Å². The average Bonchev–Trinajstić information content (AvgIpc) is 2.68. The van der Waals surface area contributed by atoms with Crippen molar-refractivity contribution in [1.82, 2.24) is 4.90 Å². The summed E-state index contributed by atoms with van der Waals surface area (Å²) >= 11 is 0. The highest BCUT2D eigenvalue weighted by molar-refractivity contribution is 5.92. The van der Waals surface area contributed by atoms with Crippen molar-refractivity contribution < 1.29 is 19.4 Å². The minimum Gasteiger partial charge on any atom is -0.508 e. The second-order valence-electron chi connectivity index (χ2n) is 7.55. The molecule has 1 heterocycles. The Bertz CT molecular complexity index is 819. The van der Waals surface area contributed by atoms with Gasteiger partial charge in [0.05, 0.1) is 5.56 Å². The average molecular weight is 381 g/mol. The highest BCUT2D eigenvalue weighted by atomic mass is 16.5. The molecular weight excluding hydrogens is 354 g/mol. The van der Waals surface area contributed by atoms with E-state index in [1.165, 1.54) is 0 Å². The molecule has 2 aromatic rings. The number of amides is 1. The van der Waals surface area contributed by atoms with Crippen LogP contribution in [0.1, 0.15) is 50.4 Å². The molecule has 0 saturated carbocycles. The number of piperidine rings is 1. The van der Waals surface area contributed by atoms with E-state index < -0.39 is 12.1 Å². The number of phenolic OH excluding ortho intramolecular Hbond substituents is 1. The molecule has 0 unspecified atom stereocenters. The summed E-state index contributed by atoms with van der Waals surface area (Å²) in [6.07, 6.45) is 2.27. The van der Waals surface area contributed by atoms with Crippen molar-refractivity contribution in [3.63, 3.8) is 0 Å². The van der Waals surface area contributed by atoms with Gasteiger partial charge in [-0.15, -0.1) is 0 Å². The molecule has 1 saturated heterocycles. The van der Waals surface area contributed by atoms with Gasteiger partial charge in [0.2, 0.25) is 0 Å². The second kappa shape index (κ2) is 8.46. The minimum atomic E-state index is -0.813. The van der Waals surface area contributed by atoms with E-state index in [0.29, 0.717) is 5.56 Å². The topological polar surface area (TPSA) is 66.8 Å². The Kier molecular flexibility index (Phi) is 6.02. The lowest BCUT2D eigenvalue weighted by Crippen LogP contribution is -2.51. The van der Waals surface area contributed by atoms with E-state index in [-0.39, 0.29) is 23.7 Å². The van der Waals surface area contributed by atoms with E-state index >= 15 is 0 Å². The number of esters is 1. The van der Waals surface area contributed by atoms with Crippen molar-refractivity contribution in [2.24, 2.45) is 0 Å². The van der Waals surface area contributed by atoms with E-state index in [1.54, 1.807) is 31.2 Å². The molecule has 3 atom stereocenters. The van der Waals surface area contributed by atoms with Gasteiger partial charge in [-0.3, -0.25) is 4.79 Å². The summed E-state index contributed by atoms with van der Waals surface area (Å²) in [5.74, 6) is -0.427. The summed E-state index contributed by atoms with van der Waals surface area (Å²) in [6, 6.07) is 14.2. The fourth-order valence-electron chi connectivity index (χ4n) is 3.80. The first kappa shape index (κ1) is 19.9. The summed E-state index contributed by atoms with van der Waals surface area (Å²) in [5.41, 5.74) is 2.27. The SMILES string of the molecule is C[C@@H]1CCC[C@H](C)N1C(=O)[C@@H](C)OC(=O)c1ccc(-c2ccc(O)cc2)cc1. The molecule has 1 fully saturated rings. The summed E-state index contributed by atoms with van der Waals surface area (Å²) < 4.78 is 5.45. The van der Waals surface area contributed by atoms with Gasteiger partial charge in [-0.05, 0) is 75.4 Å². The van der Waals surface area contributed by atoms with Crippen LogP contribution >= 0.6 is 0 Å². The zero-order valence-corrected chi connectivity index (χ0v) is 16.6. The Morgan fingerprint density at radius 3 is 2.00 bits per heavy atom. The molecule has 0 aliphatic carbocycles. The van der Waals surface area contributed by atoms with Crippen LogP contribution in [0.2, 0.25) is 0 Å². The Labute approximate surface area is 165 Å². The molecule has 0 radical (unpaired) electrons. The molecule has 0 bridgehead atoms. The van der Waals surface area contributed by atoms with E-state index in [4.69, 9.17) is 4.74 Å². The number of hydrogen-bond donors (Lipinski definition) is 1. The normalized spacial score (nSPS) is 20.5. The van der Waals surface area contributed by atoms with Crippen LogP contribution < -0.4 is 0 Å². The van der Waals surface area contributed by atoms with Gasteiger partial charge in [0, 0.05) is 12.1 Å². The maximum atomic E-state index is 12.8. The van der Waals surface area contributed by atoms with Gasteiger partial charge in [-0.1, -0.05) is 24.3 Å². The van der Waals surface area contributed by atoms with Crippen LogP contribution in [0.25, 0.3) is 11.1 Å². The number of likely N-dealkylation sites (tertiary alicyclic amines) is 1. The molecule has 1 amide bonds. The number of carbonyl (C=O) groups is 2. The summed E-state index contributed by atoms with van der Waals surface area (Å²) in [5, 5.41) is 9.38. The summed E-state index contributed by atoms with van der Waals surface area (Å²) in [6.45, 7) is 5.73. The standard InChI is InChI=1S/C23H27NO4/c1-15-5-4-6-16(2)24(15)22(26)17(3)28-23(27)20-9-7-18(8-10-20)19-11-13-21(25)14-12-19/h7-17,25H,4-6H2,1-3H3/t15-,16+,17-/m1/s1. The highest BCUT2D eigenvalue weighted by Crippen LogP contribution is 2.25. The predicted molar refractivity (Wildman–Crippen MR) is 108 cm³/mol. The van der Waals surface area contributed by atoms with Gasteiger partial charge in [0.25, 0.3) is 5.91 Å². The Morgan fingerprint density at radius 2 is 1.46 bits per heavy atom. The predicted octanol–water partition coefficient (Wildman–Crippen LogP) is 4.39. The summed E-state index contributed by atoms with van der Waals surface area (Å²) in [4.78, 5) is 27.1. The molecule has 5 heteroatoms. The van der Waals surface area contributed by atoms with Crippen molar-refractivity contribution in [1.29, 1.82) is 0 Å². The Hall–Kier alpha value is -2.82. The molecule has 5 nitrogen and oxygen atoms in total. The van der Waals surface area contributed by atoms with Gasteiger partial charge in [0.15, 0.2) is 6.10 Å². The third-order valence-electron chi connectivity index (χ3n) is 5.40. The lowest BCUT2D eigenvalue weighted by atomic mass is 9.97.